The van der Waals surface area contributed by atoms with Gasteiger partial charge in [-0.25, -0.2) is 0 Å². The van der Waals surface area contributed by atoms with Crippen molar-refractivity contribution in [2.24, 2.45) is 0 Å². The fourth-order valence-corrected chi connectivity index (χ4v) is 7.93. The molecule has 0 atom stereocenters. The van der Waals surface area contributed by atoms with Crippen molar-refractivity contribution in [1.29, 1.82) is 0 Å². The fourth-order valence-electron chi connectivity index (χ4n) is 1.31. The van der Waals surface area contributed by atoms with Crippen LogP contribution in [0.5, 0.6) is 0 Å². The molecule has 0 aromatic heterocycles. The van der Waals surface area contributed by atoms with Gasteiger partial charge in [-0.3, -0.25) is 0 Å². The van der Waals surface area contributed by atoms with E-state index in [1.54, 1.807) is 18.2 Å². The number of rotatable bonds is 3. The van der Waals surface area contributed by atoms with Gasteiger partial charge in [0.25, 0.3) is 0 Å². The molecule has 0 aliphatic rings. The first kappa shape index (κ1) is 14.0. The molecule has 2 aromatic carbocycles. The number of hydrogen-bond donors (Lipinski definition) is 0. The first-order chi connectivity index (χ1) is 8.61. The van der Waals surface area contributed by atoms with E-state index in [0.717, 1.165) is 4.04 Å². The average molecular weight is 392 g/mol. The van der Waals surface area contributed by atoms with Crippen LogP contribution in [-0.4, -0.2) is 0 Å². The standard InChI is InChI=1S/C6H3Cl2.C6H5.O2P.Pd/c7-5-3-1-2-4-6(5)8;1-2-4-6-5-3-1;1-3-2;/h1-3H;1-5H;;. The van der Waals surface area contributed by atoms with E-state index in [1.807, 2.05) is 30.3 Å². The van der Waals surface area contributed by atoms with Crippen molar-refractivity contribution in [1.82, 2.24) is 0 Å². The third kappa shape index (κ3) is 2.94. The molecular formula is C12H8Cl2O2PPd. The minimum absolute atomic E-state index is 0.336. The van der Waals surface area contributed by atoms with Crippen LogP contribution >= 0.6 is 29.1 Å². The summed E-state index contributed by atoms with van der Waals surface area (Å²) in [5.41, 5.74) is 0. The summed E-state index contributed by atoms with van der Waals surface area (Å²) in [6.45, 7) is 0. The van der Waals surface area contributed by atoms with Crippen molar-refractivity contribution in [3.8, 4) is 0 Å². The zero-order valence-electron chi connectivity index (χ0n) is 8.95. The van der Waals surface area contributed by atoms with Crippen molar-refractivity contribution in [3.05, 3.63) is 58.6 Å². The van der Waals surface area contributed by atoms with E-state index < -0.39 is 22.1 Å². The van der Waals surface area contributed by atoms with Gasteiger partial charge >= 0.3 is 121 Å². The number of halogens is 2. The zero-order valence-corrected chi connectivity index (χ0v) is 12.9. The van der Waals surface area contributed by atoms with Gasteiger partial charge in [0.05, 0.1) is 0 Å². The average Bonchev–Trinajstić information content (AvgIpc) is 2.36. The molecule has 97 valence electrons. The Hall–Kier alpha value is -0.418. The van der Waals surface area contributed by atoms with E-state index >= 15 is 0 Å². The van der Waals surface area contributed by atoms with Crippen molar-refractivity contribution >= 4 is 37.1 Å². The van der Waals surface area contributed by atoms with Gasteiger partial charge in [0.1, 0.15) is 0 Å². The van der Waals surface area contributed by atoms with Gasteiger partial charge in [-0.05, 0) is 0 Å². The van der Waals surface area contributed by atoms with Gasteiger partial charge in [0.2, 0.25) is 0 Å². The van der Waals surface area contributed by atoms with Gasteiger partial charge < -0.3 is 0 Å². The Morgan fingerprint density at radius 1 is 0.889 bits per heavy atom. The second kappa shape index (κ2) is 6.15. The van der Waals surface area contributed by atoms with Gasteiger partial charge in [-0.2, -0.15) is 0 Å². The topological polar surface area (TPSA) is 34.1 Å². The maximum atomic E-state index is 11.6. The third-order valence-corrected chi connectivity index (χ3v) is 9.68. The summed E-state index contributed by atoms with van der Waals surface area (Å²) in [7, 11) is 0. The number of benzene rings is 2. The van der Waals surface area contributed by atoms with E-state index in [2.05, 4.69) is 0 Å². The molecule has 0 aliphatic carbocycles. The zero-order chi connectivity index (χ0) is 13.1. The molecule has 0 saturated carbocycles. The molecule has 0 unspecified atom stereocenters. The summed E-state index contributed by atoms with van der Waals surface area (Å²) in [6, 6.07) is 14.2. The van der Waals surface area contributed by atoms with Crippen molar-refractivity contribution in [2.75, 3.05) is 0 Å². The van der Waals surface area contributed by atoms with Crippen LogP contribution in [0, 0.1) is 0 Å². The molecule has 2 rings (SSSR count). The Labute approximate surface area is 121 Å². The molecule has 0 bridgehead atoms. The van der Waals surface area contributed by atoms with Crippen LogP contribution in [0.15, 0.2) is 48.5 Å². The molecule has 2 nitrogen and oxygen atoms in total. The van der Waals surface area contributed by atoms with Crippen LogP contribution in [0.4, 0.5) is 0 Å². The normalized spacial score (nSPS) is 11.1. The molecule has 0 spiro atoms. The third-order valence-electron chi connectivity index (χ3n) is 2.04. The van der Waals surface area contributed by atoms with E-state index in [9.17, 15) is 9.13 Å². The van der Waals surface area contributed by atoms with Crippen molar-refractivity contribution in [2.45, 2.75) is 0 Å². The summed E-state index contributed by atoms with van der Waals surface area (Å²) >= 11 is 9.95. The molecule has 0 heterocycles. The van der Waals surface area contributed by atoms with Crippen LogP contribution in [0.25, 0.3) is 0 Å². The maximum absolute atomic E-state index is 11.6. The molecule has 0 fully saturated rings. The number of hydrogen-bond acceptors (Lipinski definition) is 2. The Morgan fingerprint density at radius 2 is 1.56 bits per heavy atom. The van der Waals surface area contributed by atoms with E-state index in [1.165, 1.54) is 0 Å². The molecule has 0 N–H and O–H groups in total. The fraction of sp³-hybridized carbons (Fsp3) is 0. The summed E-state index contributed by atoms with van der Waals surface area (Å²) in [5.74, 6) is -2.57. The molecule has 0 aliphatic heterocycles. The van der Waals surface area contributed by atoms with Crippen LogP contribution in [0.3, 0.4) is 0 Å². The van der Waals surface area contributed by atoms with Crippen LogP contribution < -0.4 is 8.07 Å². The summed E-state index contributed by atoms with van der Waals surface area (Å²) in [4.78, 5) is 0. The Bertz CT molecular complexity index is 621. The molecule has 2 aromatic rings. The first-order valence-electron chi connectivity index (χ1n) is 4.86. The summed E-state index contributed by atoms with van der Waals surface area (Å²) < 4.78 is 24.5. The molecule has 0 amide bonds. The second-order valence-electron chi connectivity index (χ2n) is 3.17. The quantitative estimate of drug-likeness (QED) is 0.590. The summed E-state index contributed by atoms with van der Waals surface area (Å²) in [6.07, 6.45) is 0. The molecule has 0 radical (unpaired) electrons. The minimum atomic E-state index is -2.57. The monoisotopic (exact) mass is 391 g/mol. The SMILES string of the molecule is O=[P](=O)[Pd]([c]1ccccc1)[c]1cccc(Cl)c1Cl. The van der Waals surface area contributed by atoms with Gasteiger partial charge in [-0.15, -0.1) is 0 Å². The van der Waals surface area contributed by atoms with E-state index in [4.69, 9.17) is 23.2 Å². The van der Waals surface area contributed by atoms with Gasteiger partial charge in [0, 0.05) is 0 Å². The Morgan fingerprint density at radius 3 is 2.17 bits per heavy atom. The van der Waals surface area contributed by atoms with E-state index in [-0.39, 0.29) is 0 Å². The van der Waals surface area contributed by atoms with Crippen molar-refractivity contribution < 1.29 is 25.4 Å². The second-order valence-corrected chi connectivity index (χ2v) is 10.5. The van der Waals surface area contributed by atoms with Crippen LogP contribution in [0.1, 0.15) is 0 Å². The predicted octanol–water partition coefficient (Wildman–Crippen LogP) is 3.65. The van der Waals surface area contributed by atoms with Gasteiger partial charge in [0.15, 0.2) is 0 Å². The Balaban J connectivity index is 2.60. The van der Waals surface area contributed by atoms with Crippen LogP contribution in [-0.2, 0) is 25.4 Å². The van der Waals surface area contributed by atoms with Crippen molar-refractivity contribution in [3.63, 3.8) is 0 Å². The van der Waals surface area contributed by atoms with Gasteiger partial charge in [-0.1, -0.05) is 0 Å². The molecule has 18 heavy (non-hydrogen) atoms. The first-order valence-corrected chi connectivity index (χ1v) is 10.3. The molecule has 6 heteroatoms. The van der Waals surface area contributed by atoms with Crippen LogP contribution in [0.2, 0.25) is 10.0 Å². The molecular weight excluding hydrogens is 384 g/mol. The molecule has 0 saturated heterocycles. The summed E-state index contributed by atoms with van der Waals surface area (Å²) in [5, 5.41) is 0.719. The Kier molecular flexibility index (Phi) is 4.79. The van der Waals surface area contributed by atoms with E-state index in [0.29, 0.717) is 14.1 Å². The predicted molar refractivity (Wildman–Crippen MR) is 70.5 cm³/mol.